The summed E-state index contributed by atoms with van der Waals surface area (Å²) in [7, 11) is -11.3. The number of nitrogens with one attached hydrogen (secondary N) is 2. The molecule has 8 rings (SSSR count). The third-order valence-corrected chi connectivity index (χ3v) is 15.9. The Balaban J connectivity index is 0.000000206. The number of rotatable bonds is 12. The first kappa shape index (κ1) is 53.1. The minimum atomic E-state index is -5.64. The minimum Gasteiger partial charge on any atom is -0.463 e. The number of carbonyl (C=O) groups is 2. The molecule has 0 amide bonds. The number of halogens is 10. The van der Waals surface area contributed by atoms with E-state index in [2.05, 4.69) is 51.8 Å². The number of carbonyl (C=O) groups excluding carboxylic acids is 2. The van der Waals surface area contributed by atoms with Crippen molar-refractivity contribution in [3.63, 3.8) is 0 Å². The van der Waals surface area contributed by atoms with Crippen LogP contribution in [0.2, 0.25) is 0 Å². The van der Waals surface area contributed by atoms with Gasteiger partial charge in [-0.15, -0.1) is 22.7 Å². The summed E-state index contributed by atoms with van der Waals surface area (Å²) in [5.74, 6) is -2.11. The number of aromatic nitrogens is 2. The van der Waals surface area contributed by atoms with Crippen molar-refractivity contribution < 1.29 is 71.0 Å². The van der Waals surface area contributed by atoms with Crippen LogP contribution >= 0.6 is 54.5 Å². The molecule has 376 valence electrons. The number of esters is 2. The number of hydrogen-bond acceptors (Lipinski definition) is 16. The van der Waals surface area contributed by atoms with Gasteiger partial charge < -0.3 is 19.3 Å². The van der Waals surface area contributed by atoms with E-state index >= 15 is 0 Å². The van der Waals surface area contributed by atoms with E-state index in [1.54, 1.807) is 34.1 Å². The van der Waals surface area contributed by atoms with Crippen molar-refractivity contribution in [2.75, 3.05) is 26.3 Å². The second-order valence-electron chi connectivity index (χ2n) is 15.0. The zero-order valence-corrected chi connectivity index (χ0v) is 42.1. The zero-order chi connectivity index (χ0) is 51.1. The monoisotopic (exact) mass is 1190 g/mol. The Morgan fingerprint density at radius 2 is 1.06 bits per heavy atom. The SMILES string of the molecule is CCOC(=O)C1=C2C[C@@H](NS(=O)(=O)C(F)(F)F)CN2C(c2nccs2)=N[C@H]1c1ccc(F)cc1Br.CCOC(=O)C1=C2C[C@H](NS(=O)(=O)C(F)(F)F)CN2C(c2nccs2)=N[C@H]1c1ccc(F)cc1Br. The molecular formula is C40H34Br2F8N8O8S4. The lowest BCUT2D eigenvalue weighted by atomic mass is 9.94. The summed E-state index contributed by atoms with van der Waals surface area (Å²) >= 11 is 8.99. The predicted octanol–water partition coefficient (Wildman–Crippen LogP) is 7.75. The molecule has 2 N–H and O–H groups in total. The standard InChI is InChI=1S/2C20H17BrF4N4O4S2/c2*1-2-33-19(30)15-14-8-11(28-35(31,32)20(23,24)25)9-29(14)17(18-26-5-6-34-18)27-16(15)12-4-3-10(22)7-13(12)21/h2*3-7,11,16,28H,2,8-9H2,1H3/t11-,16+;11-,16-/m10/s1. The zero-order valence-electron chi connectivity index (χ0n) is 35.7. The molecule has 0 bridgehead atoms. The van der Waals surface area contributed by atoms with Crippen molar-refractivity contribution in [2.24, 2.45) is 9.98 Å². The fourth-order valence-electron chi connectivity index (χ4n) is 7.76. The lowest BCUT2D eigenvalue weighted by Gasteiger charge is -2.31. The van der Waals surface area contributed by atoms with E-state index in [9.17, 15) is 61.5 Å². The lowest BCUT2D eigenvalue weighted by molar-refractivity contribution is -0.140. The third-order valence-electron chi connectivity index (χ3n) is 10.5. The van der Waals surface area contributed by atoms with Crippen LogP contribution in [-0.4, -0.2) is 110 Å². The highest BCUT2D eigenvalue weighted by atomic mass is 79.9. The van der Waals surface area contributed by atoms with E-state index in [0.29, 0.717) is 30.1 Å². The second-order valence-corrected chi connectivity index (χ2v) is 21.9. The number of ether oxygens (including phenoxy) is 2. The first-order valence-corrected chi connectivity index (χ1v) is 26.5. The van der Waals surface area contributed by atoms with Crippen LogP contribution in [0.1, 0.15) is 59.9 Å². The molecule has 4 aliphatic rings. The predicted molar refractivity (Wildman–Crippen MR) is 245 cm³/mol. The average Bonchev–Trinajstić information content (AvgIpc) is 4.11. The van der Waals surface area contributed by atoms with E-state index in [-0.39, 0.29) is 73.4 Å². The molecule has 0 unspecified atom stereocenters. The van der Waals surface area contributed by atoms with Gasteiger partial charge >= 0.3 is 43.0 Å². The molecule has 4 aromatic rings. The van der Waals surface area contributed by atoms with Crippen molar-refractivity contribution in [3.05, 3.63) is 124 Å². The number of amidine groups is 2. The summed E-state index contributed by atoms with van der Waals surface area (Å²) in [6.45, 7) is 2.77. The molecular weight excluding hydrogens is 1160 g/mol. The molecule has 4 atom stereocenters. The van der Waals surface area contributed by atoms with E-state index < -0.39 is 78.8 Å². The number of fused-ring (bicyclic) bond motifs is 2. The first-order chi connectivity index (χ1) is 32.8. The fraction of sp³-hybridized carbons (Fsp3) is 0.350. The Morgan fingerprint density at radius 1 is 0.686 bits per heavy atom. The number of hydrogen-bond donors (Lipinski definition) is 2. The molecule has 0 spiro atoms. The maximum absolute atomic E-state index is 13.8. The van der Waals surface area contributed by atoms with E-state index in [1.807, 2.05) is 0 Å². The van der Waals surface area contributed by atoms with Gasteiger partial charge in [0, 0.05) is 81.5 Å². The molecule has 2 saturated heterocycles. The van der Waals surface area contributed by atoms with Gasteiger partial charge in [-0.3, -0.25) is 9.98 Å². The van der Waals surface area contributed by atoms with E-state index in [4.69, 9.17) is 9.47 Å². The summed E-state index contributed by atoms with van der Waals surface area (Å²) in [6, 6.07) is 3.21. The summed E-state index contributed by atoms with van der Waals surface area (Å²) in [4.78, 5) is 46.8. The summed E-state index contributed by atoms with van der Waals surface area (Å²) in [5, 5.41) is 4.16. The van der Waals surface area contributed by atoms with Crippen LogP contribution in [0.4, 0.5) is 35.1 Å². The normalized spacial score (nSPS) is 20.6. The Morgan fingerprint density at radius 3 is 1.36 bits per heavy atom. The molecule has 6 heterocycles. The van der Waals surface area contributed by atoms with Gasteiger partial charge in [0.25, 0.3) is 0 Å². The van der Waals surface area contributed by atoms with Gasteiger partial charge in [0.05, 0.1) is 24.4 Å². The number of thiazole rings is 2. The Labute approximate surface area is 417 Å². The highest BCUT2D eigenvalue weighted by Crippen LogP contribution is 2.45. The summed E-state index contributed by atoms with van der Waals surface area (Å²) in [6.07, 6.45) is 2.55. The number of nitrogens with zero attached hydrogens (tertiary/aromatic N) is 6. The molecule has 16 nitrogen and oxygen atoms in total. The molecule has 30 heteroatoms. The van der Waals surface area contributed by atoms with Crippen LogP contribution in [0.3, 0.4) is 0 Å². The largest absolute Gasteiger partial charge is 0.511 e. The highest BCUT2D eigenvalue weighted by molar-refractivity contribution is 9.10. The first-order valence-electron chi connectivity index (χ1n) is 20.2. The van der Waals surface area contributed by atoms with Gasteiger partial charge in [0.15, 0.2) is 21.7 Å². The van der Waals surface area contributed by atoms with Crippen molar-refractivity contribution in [2.45, 2.75) is 61.9 Å². The van der Waals surface area contributed by atoms with E-state index in [0.717, 1.165) is 0 Å². The number of sulfonamides is 2. The van der Waals surface area contributed by atoms with Gasteiger partial charge in [0.2, 0.25) is 0 Å². The van der Waals surface area contributed by atoms with Crippen LogP contribution in [0.25, 0.3) is 0 Å². The van der Waals surface area contributed by atoms with Gasteiger partial charge in [-0.05, 0) is 49.2 Å². The molecule has 0 aliphatic carbocycles. The Hall–Kier alpha value is -4.72. The van der Waals surface area contributed by atoms with Crippen LogP contribution in [0.5, 0.6) is 0 Å². The Bertz CT molecular complexity index is 2830. The van der Waals surface area contributed by atoms with Crippen LogP contribution in [0.15, 0.2) is 101 Å². The molecule has 0 radical (unpaired) electrons. The number of aliphatic imine (C=N–C) groups is 2. The smallest absolute Gasteiger partial charge is 0.463 e. The molecule has 4 aliphatic heterocycles. The topological polar surface area (TPSA) is 202 Å². The highest BCUT2D eigenvalue weighted by Gasteiger charge is 2.51. The van der Waals surface area contributed by atoms with Crippen molar-refractivity contribution >= 4 is 98.2 Å². The molecule has 2 fully saturated rings. The summed E-state index contributed by atoms with van der Waals surface area (Å²) < 4.78 is 167. The van der Waals surface area contributed by atoms with Gasteiger partial charge in [-0.25, -0.2) is 54.6 Å². The van der Waals surface area contributed by atoms with Crippen LogP contribution < -0.4 is 9.44 Å². The lowest BCUT2D eigenvalue weighted by Crippen LogP contribution is -2.44. The minimum absolute atomic E-state index is 0.0140. The second kappa shape index (κ2) is 20.8. The quantitative estimate of drug-likeness (QED) is 0.103. The van der Waals surface area contributed by atoms with Crippen molar-refractivity contribution in [3.8, 4) is 0 Å². The average molecular weight is 1190 g/mol. The van der Waals surface area contributed by atoms with Crippen LogP contribution in [0, 0.1) is 11.6 Å². The number of benzene rings is 2. The molecule has 0 saturated carbocycles. The molecule has 70 heavy (non-hydrogen) atoms. The fourth-order valence-corrected chi connectivity index (χ4v) is 11.6. The van der Waals surface area contributed by atoms with E-state index in [1.165, 1.54) is 81.3 Å². The van der Waals surface area contributed by atoms with Crippen molar-refractivity contribution in [1.29, 1.82) is 0 Å². The van der Waals surface area contributed by atoms with Gasteiger partial charge in [-0.2, -0.15) is 26.3 Å². The Kier molecular flexibility index (Phi) is 15.8. The number of alkyl halides is 6. The van der Waals surface area contributed by atoms with Crippen molar-refractivity contribution in [1.82, 2.24) is 29.2 Å². The molecule has 2 aromatic carbocycles. The molecule has 2 aromatic heterocycles. The third kappa shape index (κ3) is 11.0. The summed E-state index contributed by atoms with van der Waals surface area (Å²) in [5.41, 5.74) is -9.63. The maximum atomic E-state index is 13.8. The van der Waals surface area contributed by atoms with Gasteiger partial charge in [-0.1, -0.05) is 44.0 Å². The maximum Gasteiger partial charge on any atom is 0.511 e. The van der Waals surface area contributed by atoms with Gasteiger partial charge in [0.1, 0.15) is 23.7 Å². The van der Waals surface area contributed by atoms with Crippen LogP contribution in [-0.2, 0) is 39.1 Å².